The maximum Gasteiger partial charge on any atom is 0.185 e. The van der Waals surface area contributed by atoms with Crippen LogP contribution in [-0.4, -0.2) is 37.3 Å². The molecule has 0 aliphatic carbocycles. The van der Waals surface area contributed by atoms with Gasteiger partial charge < -0.3 is 15.0 Å². The molecule has 2 heterocycles. The van der Waals surface area contributed by atoms with Crippen molar-refractivity contribution < 1.29 is 4.74 Å². The molecule has 2 unspecified atom stereocenters. The van der Waals surface area contributed by atoms with Crippen molar-refractivity contribution in [2.75, 3.05) is 31.1 Å². The Balaban J connectivity index is 2.07. The number of hydrogen-bond donors (Lipinski definition) is 1. The normalized spacial score (nSPS) is 21.7. The zero-order valence-corrected chi connectivity index (χ0v) is 13.2. The van der Waals surface area contributed by atoms with Crippen LogP contribution in [-0.2, 0) is 4.74 Å². The highest BCUT2D eigenvalue weighted by atomic mass is 32.1. The number of morpholine rings is 1. The van der Waals surface area contributed by atoms with Gasteiger partial charge in [-0.25, -0.2) is 4.98 Å². The van der Waals surface area contributed by atoms with Gasteiger partial charge in [0.15, 0.2) is 5.13 Å². The van der Waals surface area contributed by atoms with Crippen molar-refractivity contribution in [3.8, 4) is 0 Å². The average Bonchev–Trinajstić information content (AvgIpc) is 2.78. The van der Waals surface area contributed by atoms with Gasteiger partial charge in [-0.1, -0.05) is 6.92 Å². The van der Waals surface area contributed by atoms with Gasteiger partial charge in [0.2, 0.25) is 0 Å². The van der Waals surface area contributed by atoms with E-state index in [0.29, 0.717) is 12.1 Å². The fraction of sp³-hybridized carbons (Fsp3) is 0.786. The number of aromatic nitrogens is 1. The van der Waals surface area contributed by atoms with E-state index in [1.54, 1.807) is 0 Å². The molecule has 1 aromatic rings. The predicted octanol–water partition coefficient (Wildman–Crippen LogP) is 2.74. The number of thiazole rings is 1. The van der Waals surface area contributed by atoms with Crippen LogP contribution in [0.25, 0.3) is 0 Å². The highest BCUT2D eigenvalue weighted by Gasteiger charge is 2.22. The Morgan fingerprint density at radius 3 is 3.05 bits per heavy atom. The van der Waals surface area contributed by atoms with E-state index in [1.807, 2.05) is 11.3 Å². The molecule has 1 aliphatic rings. The van der Waals surface area contributed by atoms with Crippen molar-refractivity contribution in [2.45, 2.75) is 46.3 Å². The molecule has 1 aromatic heterocycles. The zero-order valence-electron chi connectivity index (χ0n) is 12.4. The number of ether oxygens (including phenoxy) is 1. The number of rotatable bonds is 5. The SMILES string of the molecule is CCCNC(C)c1sc(N2CCOC(C)C2)nc1C. The van der Waals surface area contributed by atoms with E-state index in [4.69, 9.17) is 9.72 Å². The van der Waals surface area contributed by atoms with Crippen LogP contribution in [0.4, 0.5) is 5.13 Å². The van der Waals surface area contributed by atoms with Gasteiger partial charge in [-0.2, -0.15) is 0 Å². The summed E-state index contributed by atoms with van der Waals surface area (Å²) in [5.74, 6) is 0. The van der Waals surface area contributed by atoms with E-state index in [1.165, 1.54) is 4.88 Å². The molecule has 1 N–H and O–H groups in total. The molecule has 1 aliphatic heterocycles. The number of aryl methyl sites for hydroxylation is 1. The first-order valence-electron chi connectivity index (χ1n) is 7.19. The summed E-state index contributed by atoms with van der Waals surface area (Å²) < 4.78 is 5.59. The summed E-state index contributed by atoms with van der Waals surface area (Å²) in [4.78, 5) is 8.46. The molecule has 2 rings (SSSR count). The van der Waals surface area contributed by atoms with Crippen LogP contribution >= 0.6 is 11.3 Å². The highest BCUT2D eigenvalue weighted by molar-refractivity contribution is 7.15. The minimum atomic E-state index is 0.303. The summed E-state index contributed by atoms with van der Waals surface area (Å²) in [7, 11) is 0. The second-order valence-electron chi connectivity index (χ2n) is 5.25. The summed E-state index contributed by atoms with van der Waals surface area (Å²) >= 11 is 1.82. The van der Waals surface area contributed by atoms with Gasteiger partial charge in [0.1, 0.15) is 0 Å². The van der Waals surface area contributed by atoms with Gasteiger partial charge in [0.25, 0.3) is 0 Å². The molecule has 0 bridgehead atoms. The van der Waals surface area contributed by atoms with Gasteiger partial charge in [-0.15, -0.1) is 11.3 Å². The smallest absolute Gasteiger partial charge is 0.185 e. The number of anilines is 1. The zero-order chi connectivity index (χ0) is 13.8. The van der Waals surface area contributed by atoms with Crippen molar-refractivity contribution >= 4 is 16.5 Å². The van der Waals surface area contributed by atoms with Crippen molar-refractivity contribution in [1.29, 1.82) is 0 Å². The standard InChI is InChI=1S/C14H25N3OS/c1-5-6-15-11(3)13-12(4)16-14(19-13)17-7-8-18-10(2)9-17/h10-11,15H,5-9H2,1-4H3. The lowest BCUT2D eigenvalue weighted by Crippen LogP contribution is -2.41. The van der Waals surface area contributed by atoms with Crippen molar-refractivity contribution in [3.63, 3.8) is 0 Å². The van der Waals surface area contributed by atoms with E-state index < -0.39 is 0 Å². The molecule has 0 amide bonds. The number of nitrogens with one attached hydrogen (secondary N) is 1. The van der Waals surface area contributed by atoms with Crippen LogP contribution in [0.3, 0.4) is 0 Å². The van der Waals surface area contributed by atoms with Crippen molar-refractivity contribution in [3.05, 3.63) is 10.6 Å². The Morgan fingerprint density at radius 2 is 2.37 bits per heavy atom. The molecule has 108 valence electrons. The van der Waals surface area contributed by atoms with E-state index in [-0.39, 0.29) is 0 Å². The fourth-order valence-electron chi connectivity index (χ4n) is 2.38. The fourth-order valence-corrected chi connectivity index (χ4v) is 3.50. The highest BCUT2D eigenvalue weighted by Crippen LogP contribution is 2.31. The summed E-state index contributed by atoms with van der Waals surface area (Å²) in [5, 5.41) is 4.69. The largest absolute Gasteiger partial charge is 0.375 e. The van der Waals surface area contributed by atoms with Crippen LogP contribution < -0.4 is 10.2 Å². The molecule has 0 aromatic carbocycles. The monoisotopic (exact) mass is 283 g/mol. The van der Waals surface area contributed by atoms with Gasteiger partial charge in [0.05, 0.1) is 18.4 Å². The molecule has 1 saturated heterocycles. The minimum absolute atomic E-state index is 0.303. The Labute approximate surface area is 120 Å². The second-order valence-corrected chi connectivity index (χ2v) is 6.26. The minimum Gasteiger partial charge on any atom is -0.375 e. The summed E-state index contributed by atoms with van der Waals surface area (Å²) in [6.45, 7) is 12.4. The van der Waals surface area contributed by atoms with Crippen molar-refractivity contribution in [1.82, 2.24) is 10.3 Å². The van der Waals surface area contributed by atoms with Crippen LogP contribution in [0, 0.1) is 6.92 Å². The third-order valence-corrected chi connectivity index (χ3v) is 4.83. The van der Waals surface area contributed by atoms with Gasteiger partial charge in [0, 0.05) is 24.0 Å². The van der Waals surface area contributed by atoms with E-state index >= 15 is 0 Å². The summed E-state index contributed by atoms with van der Waals surface area (Å²) in [5.41, 5.74) is 1.16. The number of hydrogen-bond acceptors (Lipinski definition) is 5. The van der Waals surface area contributed by atoms with Crippen molar-refractivity contribution in [2.24, 2.45) is 0 Å². The van der Waals surface area contributed by atoms with Crippen LogP contribution in [0.1, 0.15) is 43.8 Å². The van der Waals surface area contributed by atoms with Crippen LogP contribution in [0.5, 0.6) is 0 Å². The molecule has 0 radical (unpaired) electrons. The Kier molecular flexibility index (Phi) is 5.19. The lowest BCUT2D eigenvalue weighted by molar-refractivity contribution is 0.0532. The third-order valence-electron chi connectivity index (χ3n) is 3.43. The molecule has 2 atom stereocenters. The van der Waals surface area contributed by atoms with Gasteiger partial charge >= 0.3 is 0 Å². The van der Waals surface area contributed by atoms with Crippen LogP contribution in [0.15, 0.2) is 0 Å². The molecule has 5 heteroatoms. The lowest BCUT2D eigenvalue weighted by Gasteiger charge is -2.30. The maximum absolute atomic E-state index is 5.59. The Hall–Kier alpha value is -0.650. The lowest BCUT2D eigenvalue weighted by atomic mass is 10.2. The summed E-state index contributed by atoms with van der Waals surface area (Å²) in [6.07, 6.45) is 1.47. The topological polar surface area (TPSA) is 37.4 Å². The van der Waals surface area contributed by atoms with E-state index in [9.17, 15) is 0 Å². The first-order valence-corrected chi connectivity index (χ1v) is 8.00. The van der Waals surface area contributed by atoms with Gasteiger partial charge in [-0.3, -0.25) is 0 Å². The Bertz CT molecular complexity index is 407. The first kappa shape index (κ1) is 14.8. The molecular formula is C14H25N3OS. The molecular weight excluding hydrogens is 258 g/mol. The average molecular weight is 283 g/mol. The second kappa shape index (κ2) is 6.68. The van der Waals surface area contributed by atoms with Gasteiger partial charge in [-0.05, 0) is 33.7 Å². The van der Waals surface area contributed by atoms with Crippen LogP contribution in [0.2, 0.25) is 0 Å². The summed E-state index contributed by atoms with van der Waals surface area (Å²) in [6, 6.07) is 0.393. The maximum atomic E-state index is 5.59. The predicted molar refractivity (Wildman–Crippen MR) is 81.2 cm³/mol. The number of nitrogens with zero attached hydrogens (tertiary/aromatic N) is 2. The Morgan fingerprint density at radius 1 is 1.58 bits per heavy atom. The quantitative estimate of drug-likeness (QED) is 0.901. The molecule has 1 fully saturated rings. The molecule has 0 saturated carbocycles. The third kappa shape index (κ3) is 3.68. The molecule has 4 nitrogen and oxygen atoms in total. The molecule has 0 spiro atoms. The first-order chi connectivity index (χ1) is 9.11. The van der Waals surface area contributed by atoms with E-state index in [2.05, 4.69) is 37.9 Å². The van der Waals surface area contributed by atoms with E-state index in [0.717, 1.165) is 43.5 Å². The molecule has 19 heavy (non-hydrogen) atoms.